The van der Waals surface area contributed by atoms with Crippen LogP contribution in [-0.4, -0.2) is 52.3 Å². The monoisotopic (exact) mass is 476 g/mol. The minimum Gasteiger partial charge on any atom is -0.377 e. The lowest BCUT2D eigenvalue weighted by atomic mass is 10.2. The third-order valence-electron chi connectivity index (χ3n) is 5.50. The van der Waals surface area contributed by atoms with Gasteiger partial charge in [0.2, 0.25) is 15.9 Å². The lowest BCUT2D eigenvalue weighted by Crippen LogP contribution is -2.37. The van der Waals surface area contributed by atoms with Gasteiger partial charge in [0.05, 0.1) is 17.3 Å². The van der Waals surface area contributed by atoms with Crippen LogP contribution in [0.15, 0.2) is 45.1 Å². The van der Waals surface area contributed by atoms with Gasteiger partial charge in [0.15, 0.2) is 11.2 Å². The quantitative estimate of drug-likeness (QED) is 0.469. The second kappa shape index (κ2) is 8.92. The van der Waals surface area contributed by atoms with Crippen molar-refractivity contribution in [2.75, 3.05) is 18.5 Å². The third-order valence-corrected chi connectivity index (χ3v) is 6.94. The molecule has 0 bridgehead atoms. The fourth-order valence-corrected chi connectivity index (χ4v) is 4.75. The molecule has 1 aromatic carbocycles. The predicted octanol–water partition coefficient (Wildman–Crippen LogP) is -0.470. The van der Waals surface area contributed by atoms with E-state index in [-0.39, 0.29) is 35.3 Å². The number of imidazole rings is 1. The maximum Gasteiger partial charge on any atom is 0.332 e. The van der Waals surface area contributed by atoms with Crippen LogP contribution in [0.3, 0.4) is 0 Å². The molecule has 2 aromatic heterocycles. The van der Waals surface area contributed by atoms with E-state index in [0.717, 1.165) is 17.4 Å². The standard InChI is InChI=1S/C20H24N6O6S/c1-24-18-17(19(28)25(2)20(24)29)26(12-21-18)11-16(27)23-13-5-7-15(8-6-13)33(30,31)22-10-14-4-3-9-32-14/h5-8,12,14,22H,3-4,9-11H2,1-2H3,(H,23,27)/t14-/m1/s1. The second-order valence-corrected chi connectivity index (χ2v) is 9.58. The van der Waals surface area contributed by atoms with E-state index in [4.69, 9.17) is 4.74 Å². The number of fused-ring (bicyclic) bond motifs is 1. The number of carbonyl (C=O) groups is 1. The number of ether oxygens (including phenoxy) is 1. The molecule has 4 rings (SSSR count). The first kappa shape index (κ1) is 22.9. The summed E-state index contributed by atoms with van der Waals surface area (Å²) in [4.78, 5) is 41.2. The first-order valence-electron chi connectivity index (χ1n) is 10.3. The highest BCUT2D eigenvalue weighted by atomic mass is 32.2. The Kier molecular flexibility index (Phi) is 6.19. The molecule has 0 radical (unpaired) electrons. The summed E-state index contributed by atoms with van der Waals surface area (Å²) in [6.07, 6.45) is 2.95. The van der Waals surface area contributed by atoms with Crippen LogP contribution in [0.25, 0.3) is 11.2 Å². The number of anilines is 1. The molecule has 0 aliphatic carbocycles. The van der Waals surface area contributed by atoms with Crippen molar-refractivity contribution in [3.8, 4) is 0 Å². The molecule has 0 spiro atoms. The highest BCUT2D eigenvalue weighted by Gasteiger charge is 2.20. The van der Waals surface area contributed by atoms with Crippen LogP contribution in [0.5, 0.6) is 0 Å². The molecule has 3 heterocycles. The molecule has 1 aliphatic heterocycles. The number of rotatable bonds is 7. The summed E-state index contributed by atoms with van der Waals surface area (Å²) in [7, 11) is -0.848. The molecule has 0 unspecified atom stereocenters. The first-order valence-corrected chi connectivity index (χ1v) is 11.8. The Morgan fingerprint density at radius 2 is 1.91 bits per heavy atom. The molecular weight excluding hydrogens is 452 g/mol. The van der Waals surface area contributed by atoms with Gasteiger partial charge in [0.1, 0.15) is 6.54 Å². The second-order valence-electron chi connectivity index (χ2n) is 7.81. The molecule has 176 valence electrons. The van der Waals surface area contributed by atoms with Gasteiger partial charge in [0, 0.05) is 32.9 Å². The summed E-state index contributed by atoms with van der Waals surface area (Å²) >= 11 is 0. The summed E-state index contributed by atoms with van der Waals surface area (Å²) in [5, 5.41) is 2.66. The van der Waals surface area contributed by atoms with Crippen LogP contribution in [0.1, 0.15) is 12.8 Å². The summed E-state index contributed by atoms with van der Waals surface area (Å²) in [5.74, 6) is -0.447. The zero-order valence-corrected chi connectivity index (χ0v) is 19.0. The number of amides is 1. The van der Waals surface area contributed by atoms with Gasteiger partial charge in [0.25, 0.3) is 5.56 Å². The van der Waals surface area contributed by atoms with E-state index in [1.165, 1.54) is 53.8 Å². The molecule has 1 fully saturated rings. The van der Waals surface area contributed by atoms with Gasteiger partial charge >= 0.3 is 5.69 Å². The number of hydrogen-bond donors (Lipinski definition) is 2. The molecule has 1 aliphatic rings. The smallest absolute Gasteiger partial charge is 0.332 e. The van der Waals surface area contributed by atoms with Crippen molar-refractivity contribution in [1.82, 2.24) is 23.4 Å². The van der Waals surface area contributed by atoms with E-state index < -0.39 is 27.2 Å². The minimum atomic E-state index is -3.69. The number of carbonyl (C=O) groups excluding carboxylic acids is 1. The largest absolute Gasteiger partial charge is 0.377 e. The number of nitrogens with zero attached hydrogens (tertiary/aromatic N) is 4. The Morgan fingerprint density at radius 1 is 1.18 bits per heavy atom. The third kappa shape index (κ3) is 4.60. The average molecular weight is 477 g/mol. The minimum absolute atomic E-state index is 0.0727. The van der Waals surface area contributed by atoms with Crippen LogP contribution >= 0.6 is 0 Å². The van der Waals surface area contributed by atoms with Crippen molar-refractivity contribution in [2.45, 2.75) is 30.4 Å². The van der Waals surface area contributed by atoms with Crippen LogP contribution in [0.2, 0.25) is 0 Å². The summed E-state index contributed by atoms with van der Waals surface area (Å²) in [6, 6.07) is 5.75. The maximum atomic E-state index is 12.5. The van der Waals surface area contributed by atoms with Crippen LogP contribution in [0.4, 0.5) is 5.69 Å². The summed E-state index contributed by atoms with van der Waals surface area (Å²) in [5.41, 5.74) is -0.358. The SMILES string of the molecule is Cn1c(=O)c2c(ncn2CC(=O)Nc2ccc(S(=O)(=O)NC[C@H]3CCCO3)cc2)n(C)c1=O. The first-order chi connectivity index (χ1) is 15.7. The number of nitrogens with one attached hydrogen (secondary N) is 2. The highest BCUT2D eigenvalue weighted by Crippen LogP contribution is 2.16. The number of hydrogen-bond acceptors (Lipinski definition) is 7. The van der Waals surface area contributed by atoms with Crippen LogP contribution < -0.4 is 21.3 Å². The molecule has 13 heteroatoms. The lowest BCUT2D eigenvalue weighted by Gasteiger charge is -2.12. The number of aryl methyl sites for hydroxylation is 1. The predicted molar refractivity (Wildman–Crippen MR) is 119 cm³/mol. The molecule has 1 atom stereocenters. The zero-order valence-electron chi connectivity index (χ0n) is 18.1. The van der Waals surface area contributed by atoms with Gasteiger partial charge in [-0.05, 0) is 37.1 Å². The van der Waals surface area contributed by atoms with E-state index in [0.29, 0.717) is 12.3 Å². The average Bonchev–Trinajstić information content (AvgIpc) is 3.45. The Morgan fingerprint density at radius 3 is 2.58 bits per heavy atom. The van der Waals surface area contributed by atoms with Crippen molar-refractivity contribution in [1.29, 1.82) is 0 Å². The van der Waals surface area contributed by atoms with E-state index in [1.807, 2.05) is 0 Å². The van der Waals surface area contributed by atoms with Crippen molar-refractivity contribution in [3.05, 3.63) is 51.4 Å². The van der Waals surface area contributed by atoms with Crippen LogP contribution in [0, 0.1) is 0 Å². The molecule has 3 aromatic rings. The van der Waals surface area contributed by atoms with Crippen molar-refractivity contribution in [2.24, 2.45) is 14.1 Å². The fourth-order valence-electron chi connectivity index (χ4n) is 3.68. The summed E-state index contributed by atoms with van der Waals surface area (Å²) in [6.45, 7) is 0.639. The lowest BCUT2D eigenvalue weighted by molar-refractivity contribution is -0.116. The Hall–Kier alpha value is -3.29. The van der Waals surface area contributed by atoms with Gasteiger partial charge in [-0.2, -0.15) is 0 Å². The van der Waals surface area contributed by atoms with E-state index >= 15 is 0 Å². The molecular formula is C20H24N6O6S. The van der Waals surface area contributed by atoms with Gasteiger partial charge in [-0.3, -0.25) is 18.7 Å². The fraction of sp³-hybridized carbons (Fsp3) is 0.400. The van der Waals surface area contributed by atoms with Crippen molar-refractivity contribution >= 4 is 32.8 Å². The Bertz CT molecular complexity index is 1410. The van der Waals surface area contributed by atoms with Crippen molar-refractivity contribution < 1.29 is 17.9 Å². The zero-order chi connectivity index (χ0) is 23.8. The topological polar surface area (TPSA) is 146 Å². The normalized spacial score (nSPS) is 16.4. The number of sulfonamides is 1. The van der Waals surface area contributed by atoms with E-state index in [9.17, 15) is 22.8 Å². The van der Waals surface area contributed by atoms with E-state index in [1.54, 1.807) is 0 Å². The molecule has 33 heavy (non-hydrogen) atoms. The highest BCUT2D eigenvalue weighted by molar-refractivity contribution is 7.89. The molecule has 2 N–H and O–H groups in total. The molecule has 1 saturated heterocycles. The Labute approximate surface area is 188 Å². The maximum absolute atomic E-state index is 12.5. The van der Waals surface area contributed by atoms with E-state index in [2.05, 4.69) is 15.0 Å². The van der Waals surface area contributed by atoms with Crippen molar-refractivity contribution in [3.63, 3.8) is 0 Å². The molecule has 1 amide bonds. The number of benzene rings is 1. The van der Waals surface area contributed by atoms with Crippen LogP contribution in [-0.2, 0) is 40.2 Å². The van der Waals surface area contributed by atoms with Gasteiger partial charge in [-0.15, -0.1) is 0 Å². The summed E-state index contributed by atoms with van der Waals surface area (Å²) < 4.78 is 36.4. The van der Waals surface area contributed by atoms with Gasteiger partial charge in [-0.1, -0.05) is 0 Å². The van der Waals surface area contributed by atoms with Gasteiger partial charge < -0.3 is 14.6 Å². The Balaban J connectivity index is 1.44. The molecule has 0 saturated carbocycles. The number of aromatic nitrogens is 4. The van der Waals surface area contributed by atoms with Gasteiger partial charge in [-0.25, -0.2) is 22.9 Å². The molecule has 12 nitrogen and oxygen atoms in total.